The van der Waals surface area contributed by atoms with Gasteiger partial charge in [0.25, 0.3) is 0 Å². The van der Waals surface area contributed by atoms with Crippen molar-refractivity contribution in [2.75, 3.05) is 25.5 Å². The van der Waals surface area contributed by atoms with Crippen molar-refractivity contribution in [2.45, 2.75) is 303 Å². The lowest BCUT2D eigenvalue weighted by Gasteiger charge is -2.30. The first kappa shape index (κ1) is 104. The lowest BCUT2D eigenvalue weighted by molar-refractivity contribution is -0.143. The fourth-order valence-electron chi connectivity index (χ4n) is 11.5. The van der Waals surface area contributed by atoms with E-state index in [9.17, 15) is 107 Å². The Morgan fingerprint density at radius 1 is 0.353 bits per heavy atom. The van der Waals surface area contributed by atoms with Gasteiger partial charge in [-0.2, -0.15) is 12.6 Å². The maximum atomic E-state index is 14.4. The van der Waals surface area contributed by atoms with E-state index in [-0.39, 0.29) is 50.3 Å². The average molecular weight is 1660 g/mol. The Kier molecular flexibility index (Phi) is 50.1. The van der Waals surface area contributed by atoms with Crippen LogP contribution in [-0.2, 0) is 87.9 Å². The lowest BCUT2D eigenvalue weighted by atomic mass is 9.96. The summed E-state index contributed by atoms with van der Waals surface area (Å²) in [6, 6.07) is -16.4. The summed E-state index contributed by atoms with van der Waals surface area (Å²) < 4.78 is 0. The van der Waals surface area contributed by atoms with Gasteiger partial charge < -0.3 is 111 Å². The number of carboxylic acids is 2. The van der Waals surface area contributed by atoms with Crippen LogP contribution >= 0.6 is 12.6 Å². The van der Waals surface area contributed by atoms with Gasteiger partial charge in [-0.25, -0.2) is 4.79 Å². The number of carbonyl (C=O) groups excluding carboxylic acids is 15. The zero-order valence-electron chi connectivity index (χ0n) is 69.2. The Hall–Kier alpha value is -9.76. The number of aliphatic hydroxyl groups is 2. The number of nitrogens with one attached hydrogen (secondary N) is 15. The standard InChI is InChI=1S/C77H130N16O22S/c1-14-16-17-18-19-20-21-22-23-24-25-29-58(97)79-44(8)63(100)80-45(9)64(101)81-46(10)65(102)82-47(11)66(103)83-48(12)67(104)90-57(40-116)73(110)87-54(37-50-30-32-51(96)33-31-50)71(108)85-53(34-35-59(98)99)69(106)88-55(38-94)72(109)93-62(43(7)15-2)76(113)86-52(28-26-27-36-78)70(107)92-60(41(3)4)74(111)84-49(13)68(105)91-61(42(5)6)75(112)89-56(39-95)77(114)115/h30-33,41-49,52-57,60-62,94-96,116H,14-29,34-40,78H2,1-13H3,(H,79,97)(H,80,100)(H,81,101)(H,82,102)(H,83,103)(H,84,111)(H,85,108)(H,86,113)(H,87,110)(H,88,106)(H,89,112)(H,90,104)(H,91,105)(H,92,107)(H,93,109)(H,98,99)(H,114,115)/t43-,44-,45-,46-,47-,48-,49-,52-,53-,54-,55-,56-,57-,60-,61-,62-/m0/s1. The minimum atomic E-state index is -1.91. The molecule has 0 unspecified atom stereocenters. The molecule has 0 spiro atoms. The first-order chi connectivity index (χ1) is 54.6. The molecule has 656 valence electrons. The van der Waals surface area contributed by atoms with Crippen LogP contribution in [0.4, 0.5) is 0 Å². The Labute approximate surface area is 684 Å². The molecule has 38 nitrogen and oxygen atoms in total. The van der Waals surface area contributed by atoms with Crippen molar-refractivity contribution in [3.8, 4) is 5.75 Å². The number of rotatable bonds is 58. The number of aromatic hydroxyl groups is 1. The number of aliphatic carboxylic acids is 2. The molecule has 1 aromatic carbocycles. The van der Waals surface area contributed by atoms with Crippen LogP contribution in [0.5, 0.6) is 5.75 Å². The maximum Gasteiger partial charge on any atom is 0.328 e. The normalized spacial score (nSPS) is 15.3. The fourth-order valence-corrected chi connectivity index (χ4v) is 11.7. The second-order valence-corrected chi connectivity index (χ2v) is 30.3. The second-order valence-electron chi connectivity index (χ2n) is 29.9. The highest BCUT2D eigenvalue weighted by atomic mass is 32.1. The zero-order chi connectivity index (χ0) is 88.1. The number of phenols is 1. The van der Waals surface area contributed by atoms with E-state index in [0.29, 0.717) is 18.4 Å². The molecule has 0 aliphatic carbocycles. The quantitative estimate of drug-likeness (QED) is 0.0257. The molecule has 0 heterocycles. The molecule has 0 aliphatic rings. The summed E-state index contributed by atoms with van der Waals surface area (Å²) in [7, 11) is 0. The Morgan fingerprint density at radius 2 is 0.690 bits per heavy atom. The highest BCUT2D eigenvalue weighted by Crippen LogP contribution is 2.17. The minimum absolute atomic E-state index is 0.0565. The van der Waals surface area contributed by atoms with Crippen LogP contribution in [0.15, 0.2) is 24.3 Å². The number of unbranched alkanes of at least 4 members (excludes halogenated alkanes) is 11. The number of benzene rings is 1. The molecule has 0 fully saturated rings. The highest BCUT2D eigenvalue weighted by Gasteiger charge is 2.39. The predicted molar refractivity (Wildman–Crippen MR) is 430 cm³/mol. The number of phenolic OH excluding ortho intramolecular Hbond substituents is 1. The van der Waals surface area contributed by atoms with Gasteiger partial charge in [-0.3, -0.25) is 76.7 Å². The van der Waals surface area contributed by atoms with E-state index in [4.69, 9.17) is 5.73 Å². The summed E-state index contributed by atoms with van der Waals surface area (Å²) in [5.74, 6) is -19.0. The van der Waals surface area contributed by atoms with Crippen LogP contribution < -0.4 is 85.5 Å². The van der Waals surface area contributed by atoms with Crippen molar-refractivity contribution >= 4 is 113 Å². The predicted octanol–water partition coefficient (Wildman–Crippen LogP) is -1.62. The number of carboxylic acid groups (broad SMARTS) is 2. The summed E-state index contributed by atoms with van der Waals surface area (Å²) >= 11 is 4.23. The van der Waals surface area contributed by atoms with Crippen LogP contribution in [0.3, 0.4) is 0 Å². The molecule has 22 N–H and O–H groups in total. The lowest BCUT2D eigenvalue weighted by Crippen LogP contribution is -2.62. The van der Waals surface area contributed by atoms with E-state index in [2.05, 4.69) is 99.3 Å². The number of hydrogen-bond acceptors (Lipinski definition) is 22. The molecule has 39 heteroatoms. The molecule has 116 heavy (non-hydrogen) atoms. The van der Waals surface area contributed by atoms with Crippen molar-refractivity contribution in [1.29, 1.82) is 0 Å². The monoisotopic (exact) mass is 1660 g/mol. The molecule has 0 aromatic heterocycles. The van der Waals surface area contributed by atoms with Gasteiger partial charge in [0.1, 0.15) is 96.4 Å². The third-order valence-electron chi connectivity index (χ3n) is 19.1. The van der Waals surface area contributed by atoms with Crippen molar-refractivity contribution in [3.63, 3.8) is 0 Å². The van der Waals surface area contributed by atoms with Crippen molar-refractivity contribution < 1.29 is 107 Å². The highest BCUT2D eigenvalue weighted by molar-refractivity contribution is 7.80. The van der Waals surface area contributed by atoms with Gasteiger partial charge in [-0.05, 0) is 116 Å². The Bertz CT molecular complexity index is 3390. The number of thiol groups is 1. The molecular formula is C77H130N16O22S. The van der Waals surface area contributed by atoms with Gasteiger partial charge in [0.05, 0.1) is 13.2 Å². The van der Waals surface area contributed by atoms with Crippen LogP contribution in [0.25, 0.3) is 0 Å². The van der Waals surface area contributed by atoms with Crippen molar-refractivity contribution in [3.05, 3.63) is 29.8 Å². The summed E-state index contributed by atoms with van der Waals surface area (Å²) in [5, 5.41) is 85.9. The summed E-state index contributed by atoms with van der Waals surface area (Å²) in [4.78, 5) is 228. The van der Waals surface area contributed by atoms with E-state index in [1.807, 2.05) is 0 Å². The van der Waals surface area contributed by atoms with E-state index >= 15 is 0 Å². The molecule has 0 saturated carbocycles. The Balaban J connectivity index is 3.26. The van der Waals surface area contributed by atoms with E-state index < -0.39 is 235 Å². The van der Waals surface area contributed by atoms with Crippen LogP contribution in [0.2, 0.25) is 0 Å². The molecule has 0 bridgehead atoms. The largest absolute Gasteiger partial charge is 0.508 e. The second kappa shape index (κ2) is 55.7. The van der Waals surface area contributed by atoms with Crippen molar-refractivity contribution in [1.82, 2.24) is 79.8 Å². The smallest absolute Gasteiger partial charge is 0.328 e. The number of carbonyl (C=O) groups is 17. The fraction of sp³-hybridized carbons (Fsp3) is 0.701. The molecule has 16 atom stereocenters. The molecule has 0 saturated heterocycles. The van der Waals surface area contributed by atoms with Gasteiger partial charge in [-0.1, -0.05) is 131 Å². The summed E-state index contributed by atoms with van der Waals surface area (Å²) in [6.45, 7) is 17.8. The average Bonchev–Trinajstić information content (AvgIpc) is 0.849. The van der Waals surface area contributed by atoms with Crippen LogP contribution in [-0.4, -0.2) is 242 Å². The van der Waals surface area contributed by atoms with E-state index in [0.717, 1.165) is 25.7 Å². The number of aliphatic hydroxyl groups excluding tert-OH is 2. The minimum Gasteiger partial charge on any atom is -0.508 e. The van der Waals surface area contributed by atoms with Crippen LogP contribution in [0.1, 0.15) is 211 Å². The van der Waals surface area contributed by atoms with Gasteiger partial charge in [-0.15, -0.1) is 0 Å². The van der Waals surface area contributed by atoms with Crippen LogP contribution in [0, 0.1) is 17.8 Å². The van der Waals surface area contributed by atoms with E-state index in [1.54, 1.807) is 41.5 Å². The topological polar surface area (TPSA) is 598 Å². The maximum absolute atomic E-state index is 14.4. The number of nitrogens with two attached hydrogens (primary N) is 1. The van der Waals surface area contributed by atoms with Gasteiger partial charge in [0.2, 0.25) is 88.6 Å². The summed E-state index contributed by atoms with van der Waals surface area (Å²) in [6.07, 6.45) is 11.5. The molecule has 1 rings (SSSR count). The number of amides is 15. The molecule has 15 amide bonds. The summed E-state index contributed by atoms with van der Waals surface area (Å²) in [5.41, 5.74) is 6.07. The molecule has 0 aliphatic heterocycles. The molecule has 1 aromatic rings. The Morgan fingerprint density at radius 3 is 1.13 bits per heavy atom. The first-order valence-electron chi connectivity index (χ1n) is 39.9. The first-order valence-corrected chi connectivity index (χ1v) is 40.5. The third-order valence-corrected chi connectivity index (χ3v) is 19.5. The van der Waals surface area contributed by atoms with Gasteiger partial charge in [0.15, 0.2) is 0 Å². The third kappa shape index (κ3) is 39.7. The van der Waals surface area contributed by atoms with E-state index in [1.165, 1.54) is 104 Å². The molecule has 0 radical (unpaired) electrons. The molecular weight excluding hydrogens is 1530 g/mol. The number of hydrogen-bond donors (Lipinski definition) is 22. The van der Waals surface area contributed by atoms with Gasteiger partial charge >= 0.3 is 11.9 Å². The van der Waals surface area contributed by atoms with Gasteiger partial charge in [0, 0.05) is 25.0 Å². The SMILES string of the molecule is CCCCCCCCCCCCCC(=O)N[C@@H](C)C(=O)N[C@@H](C)C(=O)N[C@@H](C)C(=O)N[C@@H](C)C(=O)N[C@@H](C)C(=O)N[C@@H](CS)C(=O)N[C@@H](Cc1ccc(O)cc1)C(=O)N[C@@H](CCC(=O)O)C(=O)N[C@@H](CO)C(=O)N[C@H](C(=O)N[C@@H](CCCCN)C(=O)N[C@H](C(=O)N[C@@H](C)C(=O)N[C@H](C(=O)N[C@@H](CO)C(=O)O)C(C)C)C(C)C)[C@@H](C)CC. The van der Waals surface area contributed by atoms with Crippen molar-refractivity contribution in [2.24, 2.45) is 23.5 Å². The zero-order valence-corrected chi connectivity index (χ0v) is 70.1.